The molecule has 10 heteroatoms. The molecule has 198 valence electrons. The van der Waals surface area contributed by atoms with Crippen molar-refractivity contribution >= 4 is 17.4 Å². The Morgan fingerprint density at radius 2 is 1.58 bits per heavy atom. The van der Waals surface area contributed by atoms with E-state index in [-0.39, 0.29) is 17.7 Å². The summed E-state index contributed by atoms with van der Waals surface area (Å²) in [6.45, 7) is 0.0613. The first-order chi connectivity index (χ1) is 18.4. The quantitative estimate of drug-likeness (QED) is 0.256. The van der Waals surface area contributed by atoms with Gasteiger partial charge in [0.05, 0.1) is 52.7 Å². The van der Waals surface area contributed by atoms with Gasteiger partial charge < -0.3 is 33.7 Å². The topological polar surface area (TPSA) is 117 Å². The molecule has 1 saturated heterocycles. The number of hydrogen-bond acceptors (Lipinski definition) is 9. The van der Waals surface area contributed by atoms with E-state index in [1.165, 1.54) is 46.5 Å². The third-order valence-corrected chi connectivity index (χ3v) is 6.28. The first-order valence-corrected chi connectivity index (χ1v) is 11.6. The highest BCUT2D eigenvalue weighted by atomic mass is 16.5. The summed E-state index contributed by atoms with van der Waals surface area (Å²) in [7, 11) is 7.33. The minimum Gasteiger partial charge on any atom is -0.507 e. The van der Waals surface area contributed by atoms with E-state index in [4.69, 9.17) is 23.7 Å². The Hall–Kier alpha value is -4.73. The van der Waals surface area contributed by atoms with Crippen molar-refractivity contribution < 1.29 is 38.4 Å². The fraction of sp³-hybridized carbons (Fsp3) is 0.250. The van der Waals surface area contributed by atoms with E-state index in [2.05, 4.69) is 4.98 Å². The number of benzene rings is 2. The number of aliphatic hydroxyl groups is 1. The number of Topliss-reactive ketones (excluding diaryl/α,β-unsaturated/α-hetero) is 1. The van der Waals surface area contributed by atoms with Crippen molar-refractivity contribution in [2.75, 3.05) is 35.5 Å². The van der Waals surface area contributed by atoms with Crippen LogP contribution in [0, 0.1) is 0 Å². The monoisotopic (exact) mass is 520 g/mol. The highest BCUT2D eigenvalue weighted by Crippen LogP contribution is 2.47. The molecule has 1 aliphatic rings. The molecule has 0 saturated carbocycles. The van der Waals surface area contributed by atoms with Crippen LogP contribution in [0.2, 0.25) is 0 Å². The lowest BCUT2D eigenvalue weighted by Gasteiger charge is -2.26. The lowest BCUT2D eigenvalue weighted by molar-refractivity contribution is -0.140. The Morgan fingerprint density at radius 3 is 2.13 bits per heavy atom. The van der Waals surface area contributed by atoms with Crippen LogP contribution in [-0.4, -0.2) is 62.2 Å². The number of carbonyl (C=O) groups excluding carboxylic acids is 2. The Bertz CT molecular complexity index is 1360. The number of rotatable bonds is 9. The number of amides is 1. The summed E-state index contributed by atoms with van der Waals surface area (Å²) in [5.74, 6) is -0.317. The Kier molecular flexibility index (Phi) is 7.71. The lowest BCUT2D eigenvalue weighted by atomic mass is 9.94. The summed E-state index contributed by atoms with van der Waals surface area (Å²) in [4.78, 5) is 32.4. The van der Waals surface area contributed by atoms with Gasteiger partial charge in [-0.05, 0) is 47.5 Å². The molecule has 1 amide bonds. The SMILES string of the molecule is COc1ccc(OC)c(/C(O)=C2\C(=O)C(=O)N(Cc3cccnc3)C2c2cc(OC)c(OC)c(OC)c2)c1. The molecular weight excluding hydrogens is 492 g/mol. The fourth-order valence-corrected chi connectivity index (χ4v) is 4.48. The van der Waals surface area contributed by atoms with E-state index >= 15 is 0 Å². The van der Waals surface area contributed by atoms with Crippen LogP contribution in [0.5, 0.6) is 28.7 Å². The predicted molar refractivity (Wildman–Crippen MR) is 138 cm³/mol. The molecule has 1 aromatic heterocycles. The average Bonchev–Trinajstić information content (AvgIpc) is 3.20. The number of nitrogens with zero attached hydrogens (tertiary/aromatic N) is 2. The van der Waals surface area contributed by atoms with Gasteiger partial charge in [-0.15, -0.1) is 0 Å². The number of ether oxygens (including phenoxy) is 5. The van der Waals surface area contributed by atoms with Crippen molar-refractivity contribution in [3.63, 3.8) is 0 Å². The van der Waals surface area contributed by atoms with Gasteiger partial charge in [0.25, 0.3) is 11.7 Å². The van der Waals surface area contributed by atoms with Gasteiger partial charge in [0.1, 0.15) is 17.3 Å². The second kappa shape index (κ2) is 11.1. The Labute approximate surface area is 220 Å². The number of carbonyl (C=O) groups is 2. The maximum atomic E-state index is 13.5. The zero-order valence-corrected chi connectivity index (χ0v) is 21.7. The largest absolute Gasteiger partial charge is 0.507 e. The van der Waals surface area contributed by atoms with E-state index in [1.54, 1.807) is 48.8 Å². The van der Waals surface area contributed by atoms with Crippen LogP contribution in [-0.2, 0) is 16.1 Å². The molecule has 38 heavy (non-hydrogen) atoms. The third kappa shape index (κ3) is 4.68. The molecule has 1 N–H and O–H groups in total. The summed E-state index contributed by atoms with van der Waals surface area (Å²) in [6.07, 6.45) is 3.22. The highest BCUT2D eigenvalue weighted by molar-refractivity contribution is 6.46. The van der Waals surface area contributed by atoms with Crippen LogP contribution in [0.4, 0.5) is 0 Å². The average molecular weight is 521 g/mol. The number of hydrogen-bond donors (Lipinski definition) is 1. The van der Waals surface area contributed by atoms with Crippen molar-refractivity contribution in [1.82, 2.24) is 9.88 Å². The molecule has 4 rings (SSSR count). The van der Waals surface area contributed by atoms with Gasteiger partial charge in [0.2, 0.25) is 5.75 Å². The van der Waals surface area contributed by atoms with Gasteiger partial charge in [0, 0.05) is 18.9 Å². The predicted octanol–water partition coefficient (Wildman–Crippen LogP) is 3.75. The number of ketones is 1. The smallest absolute Gasteiger partial charge is 0.295 e. The first kappa shape index (κ1) is 26.3. The van der Waals surface area contributed by atoms with Crippen LogP contribution in [0.25, 0.3) is 5.76 Å². The standard InChI is InChI=1S/C28H28N2O8/c1-34-18-8-9-20(35-2)19(13-18)25(31)23-24(17-11-21(36-3)27(38-5)22(12-17)37-4)30(28(33)26(23)32)15-16-7-6-10-29-14-16/h6-14,24,31H,15H2,1-5H3/b25-23+. The fourth-order valence-electron chi connectivity index (χ4n) is 4.48. The summed E-state index contributed by atoms with van der Waals surface area (Å²) in [5, 5.41) is 11.6. The first-order valence-electron chi connectivity index (χ1n) is 11.6. The van der Waals surface area contributed by atoms with Gasteiger partial charge in [-0.1, -0.05) is 6.07 Å². The molecule has 1 atom stereocenters. The number of pyridine rings is 1. The molecule has 2 aromatic carbocycles. The van der Waals surface area contributed by atoms with Crippen molar-refractivity contribution in [2.24, 2.45) is 0 Å². The van der Waals surface area contributed by atoms with Gasteiger partial charge >= 0.3 is 0 Å². The van der Waals surface area contributed by atoms with E-state index in [0.717, 1.165) is 0 Å². The minimum atomic E-state index is -1.00. The molecular formula is C28H28N2O8. The molecule has 1 unspecified atom stereocenters. The summed E-state index contributed by atoms with van der Waals surface area (Å²) < 4.78 is 27.2. The van der Waals surface area contributed by atoms with Crippen LogP contribution >= 0.6 is 0 Å². The van der Waals surface area contributed by atoms with Crippen molar-refractivity contribution in [3.8, 4) is 28.7 Å². The van der Waals surface area contributed by atoms with Gasteiger partial charge in [-0.25, -0.2) is 0 Å². The van der Waals surface area contributed by atoms with Crippen LogP contribution in [0.15, 0.2) is 60.4 Å². The molecule has 1 fully saturated rings. The summed E-state index contributed by atoms with van der Waals surface area (Å²) >= 11 is 0. The summed E-state index contributed by atoms with van der Waals surface area (Å²) in [5.41, 5.74) is 1.24. The van der Waals surface area contributed by atoms with Crippen LogP contribution < -0.4 is 23.7 Å². The molecule has 0 bridgehead atoms. The number of likely N-dealkylation sites (tertiary alicyclic amines) is 1. The normalized spacial score (nSPS) is 16.3. The molecule has 1 aliphatic heterocycles. The molecule has 2 heterocycles. The van der Waals surface area contributed by atoms with Gasteiger partial charge in [-0.3, -0.25) is 14.6 Å². The second-order valence-corrected chi connectivity index (χ2v) is 8.31. The molecule has 10 nitrogen and oxygen atoms in total. The third-order valence-electron chi connectivity index (χ3n) is 6.28. The van der Waals surface area contributed by atoms with Gasteiger partial charge in [-0.2, -0.15) is 0 Å². The zero-order valence-electron chi connectivity index (χ0n) is 21.7. The maximum Gasteiger partial charge on any atom is 0.295 e. The number of methoxy groups -OCH3 is 5. The van der Waals surface area contributed by atoms with Crippen molar-refractivity contribution in [2.45, 2.75) is 12.6 Å². The minimum absolute atomic E-state index is 0.0613. The summed E-state index contributed by atoms with van der Waals surface area (Å²) in [6, 6.07) is 10.6. The second-order valence-electron chi connectivity index (χ2n) is 8.31. The number of aromatic nitrogens is 1. The Balaban J connectivity index is 1.99. The van der Waals surface area contributed by atoms with Gasteiger partial charge in [0.15, 0.2) is 11.5 Å². The number of aliphatic hydroxyl groups excluding tert-OH is 1. The van der Waals surface area contributed by atoms with E-state index in [0.29, 0.717) is 39.9 Å². The molecule has 0 radical (unpaired) electrons. The van der Waals surface area contributed by atoms with Crippen molar-refractivity contribution in [3.05, 3.63) is 77.1 Å². The van der Waals surface area contributed by atoms with E-state index in [1.807, 2.05) is 0 Å². The van der Waals surface area contributed by atoms with E-state index in [9.17, 15) is 14.7 Å². The Morgan fingerprint density at radius 1 is 0.895 bits per heavy atom. The van der Waals surface area contributed by atoms with Crippen LogP contribution in [0.3, 0.4) is 0 Å². The molecule has 0 aliphatic carbocycles. The molecule has 0 spiro atoms. The van der Waals surface area contributed by atoms with E-state index < -0.39 is 23.5 Å². The zero-order chi connectivity index (χ0) is 27.4. The highest BCUT2D eigenvalue weighted by Gasteiger charge is 2.47. The van der Waals surface area contributed by atoms with Crippen molar-refractivity contribution in [1.29, 1.82) is 0 Å². The molecule has 3 aromatic rings. The maximum absolute atomic E-state index is 13.5. The lowest BCUT2D eigenvalue weighted by Crippen LogP contribution is -2.29. The van der Waals surface area contributed by atoms with Crippen LogP contribution in [0.1, 0.15) is 22.7 Å².